The number of carboxylic acid groups (broad SMARTS) is 1. The van der Waals surface area contributed by atoms with Crippen LogP contribution in [0.1, 0.15) is 20.3 Å². The molecule has 3 unspecified atom stereocenters. The molecule has 0 bridgehead atoms. The van der Waals surface area contributed by atoms with Crippen molar-refractivity contribution in [2.24, 2.45) is 11.7 Å². The molecule has 0 aliphatic carbocycles. The molecule has 120 valence electrons. The van der Waals surface area contributed by atoms with E-state index in [4.69, 9.17) is 15.2 Å². The monoisotopic (exact) mass is 300 g/mol. The number of carbonyl (C=O) groups excluding carboxylic acids is 1. The first kappa shape index (κ1) is 16.4. The van der Waals surface area contributed by atoms with E-state index in [9.17, 15) is 14.7 Å². The first-order valence-corrected chi connectivity index (χ1v) is 7.37. The third-order valence-corrected chi connectivity index (χ3v) is 3.64. The van der Waals surface area contributed by atoms with E-state index in [0.717, 1.165) is 0 Å². The highest BCUT2D eigenvalue weighted by molar-refractivity contribution is 6.04. The molecule has 0 saturated carbocycles. The molecular formula is C14H24N2O5. The smallest absolute Gasteiger partial charge is 0.328 e. The van der Waals surface area contributed by atoms with E-state index in [-0.39, 0.29) is 18.1 Å². The minimum Gasteiger partial charge on any atom is -0.480 e. The molecule has 2 fully saturated rings. The van der Waals surface area contributed by atoms with Gasteiger partial charge in [-0.1, -0.05) is 13.8 Å². The molecule has 7 nitrogen and oxygen atoms in total. The Kier molecular flexibility index (Phi) is 5.32. The van der Waals surface area contributed by atoms with E-state index >= 15 is 0 Å². The lowest BCUT2D eigenvalue weighted by Gasteiger charge is -2.28. The average molecular weight is 300 g/mol. The summed E-state index contributed by atoms with van der Waals surface area (Å²) < 4.78 is 10.3. The van der Waals surface area contributed by atoms with Gasteiger partial charge in [-0.25, -0.2) is 0 Å². The summed E-state index contributed by atoms with van der Waals surface area (Å²) in [5.41, 5.74) is 5.89. The van der Waals surface area contributed by atoms with Crippen LogP contribution in [0.2, 0.25) is 0 Å². The van der Waals surface area contributed by atoms with Crippen LogP contribution in [0.3, 0.4) is 0 Å². The van der Waals surface area contributed by atoms with Crippen LogP contribution >= 0.6 is 0 Å². The maximum atomic E-state index is 12.4. The fourth-order valence-corrected chi connectivity index (χ4v) is 2.44. The lowest BCUT2D eigenvalue weighted by Crippen LogP contribution is -2.54. The van der Waals surface area contributed by atoms with Crippen LogP contribution in [0.25, 0.3) is 0 Å². The largest absolute Gasteiger partial charge is 0.480 e. The van der Waals surface area contributed by atoms with E-state index in [2.05, 4.69) is 0 Å². The van der Waals surface area contributed by atoms with Crippen LogP contribution in [0.5, 0.6) is 0 Å². The van der Waals surface area contributed by atoms with Crippen molar-refractivity contribution in [2.75, 3.05) is 26.3 Å². The van der Waals surface area contributed by atoms with Crippen molar-refractivity contribution in [1.82, 2.24) is 4.90 Å². The molecule has 0 aromatic rings. The quantitative estimate of drug-likeness (QED) is 0.413. The van der Waals surface area contributed by atoms with Gasteiger partial charge in [0, 0.05) is 13.1 Å². The van der Waals surface area contributed by atoms with Crippen molar-refractivity contribution in [1.29, 1.82) is 0 Å². The number of hydrogen-bond donors (Lipinski definition) is 2. The van der Waals surface area contributed by atoms with E-state index in [1.807, 2.05) is 13.8 Å². The van der Waals surface area contributed by atoms with Crippen LogP contribution in [0.15, 0.2) is 0 Å². The van der Waals surface area contributed by atoms with Gasteiger partial charge in [0.25, 0.3) is 0 Å². The zero-order valence-corrected chi connectivity index (χ0v) is 12.5. The average Bonchev–Trinajstić information content (AvgIpc) is 3.23. The fourth-order valence-electron chi connectivity index (χ4n) is 2.44. The molecule has 7 heteroatoms. The summed E-state index contributed by atoms with van der Waals surface area (Å²) in [7, 11) is 0. The molecule has 21 heavy (non-hydrogen) atoms. The number of epoxide rings is 2. The highest BCUT2D eigenvalue weighted by Crippen LogP contribution is 2.19. The molecule has 0 spiro atoms. The standard InChI is InChI=1S/C14H24N2O5/c1-8(2)3-11(15)13(17)12(14(18)19)16(4-9-6-20-9)5-10-7-21-10/h8-12H,3-7,15H2,1-2H3,(H,18,19)/t9?,10?,11-,12?/m0/s1. The topological polar surface area (TPSA) is 109 Å². The number of carboxylic acids is 1. The van der Waals surface area contributed by atoms with Gasteiger partial charge in [-0.15, -0.1) is 0 Å². The third-order valence-electron chi connectivity index (χ3n) is 3.64. The Bertz CT molecular complexity index is 379. The second kappa shape index (κ2) is 6.83. The van der Waals surface area contributed by atoms with Gasteiger partial charge in [-0.2, -0.15) is 0 Å². The van der Waals surface area contributed by atoms with Crippen molar-refractivity contribution in [3.63, 3.8) is 0 Å². The maximum absolute atomic E-state index is 12.4. The predicted molar refractivity (Wildman–Crippen MR) is 74.9 cm³/mol. The van der Waals surface area contributed by atoms with E-state index in [0.29, 0.717) is 32.7 Å². The zero-order chi connectivity index (χ0) is 15.6. The molecule has 0 radical (unpaired) electrons. The van der Waals surface area contributed by atoms with Gasteiger partial charge >= 0.3 is 5.97 Å². The number of Topliss-reactive ketones (excluding diaryl/α,β-unsaturated/α-hetero) is 1. The van der Waals surface area contributed by atoms with Gasteiger partial charge in [0.2, 0.25) is 0 Å². The number of nitrogens with two attached hydrogens (primary N) is 1. The first-order valence-electron chi connectivity index (χ1n) is 7.37. The zero-order valence-electron chi connectivity index (χ0n) is 12.5. The summed E-state index contributed by atoms with van der Waals surface area (Å²) in [5.74, 6) is -1.34. The molecule has 0 aromatic heterocycles. The third kappa shape index (κ3) is 5.03. The van der Waals surface area contributed by atoms with E-state index in [1.165, 1.54) is 0 Å². The molecule has 0 aromatic carbocycles. The minimum absolute atomic E-state index is 0.0136. The SMILES string of the molecule is CC(C)C[C@H](N)C(=O)C(C(=O)O)N(CC1CO1)CC1CO1. The van der Waals surface area contributed by atoms with Crippen molar-refractivity contribution < 1.29 is 24.2 Å². The summed E-state index contributed by atoms with van der Waals surface area (Å²) in [4.78, 5) is 25.7. The van der Waals surface area contributed by atoms with Gasteiger partial charge in [0.1, 0.15) is 0 Å². The Morgan fingerprint density at radius 2 is 1.71 bits per heavy atom. The highest BCUT2D eigenvalue weighted by atomic mass is 16.6. The predicted octanol–water partition coefficient (Wildman–Crippen LogP) is -0.518. The normalized spacial score (nSPS) is 26.7. The van der Waals surface area contributed by atoms with Crippen LogP contribution < -0.4 is 5.73 Å². The molecule has 2 aliphatic heterocycles. The van der Waals surface area contributed by atoms with Crippen molar-refractivity contribution in [3.05, 3.63) is 0 Å². The number of carbonyl (C=O) groups is 2. The number of hydrogen-bond acceptors (Lipinski definition) is 6. The Labute approximate surface area is 124 Å². The van der Waals surface area contributed by atoms with Crippen molar-refractivity contribution in [3.8, 4) is 0 Å². The number of rotatable bonds is 10. The lowest BCUT2D eigenvalue weighted by atomic mass is 9.96. The molecule has 2 aliphatic rings. The summed E-state index contributed by atoms with van der Waals surface area (Å²) in [5, 5.41) is 9.46. The Morgan fingerprint density at radius 1 is 1.24 bits per heavy atom. The van der Waals surface area contributed by atoms with Gasteiger partial charge in [-0.05, 0) is 12.3 Å². The number of nitrogens with zero attached hydrogens (tertiary/aromatic N) is 1. The summed E-state index contributed by atoms with van der Waals surface area (Å²) in [6.45, 7) is 5.99. The summed E-state index contributed by atoms with van der Waals surface area (Å²) >= 11 is 0. The maximum Gasteiger partial charge on any atom is 0.328 e. The van der Waals surface area contributed by atoms with Crippen LogP contribution in [-0.2, 0) is 19.1 Å². The number of ketones is 1. The van der Waals surface area contributed by atoms with Crippen molar-refractivity contribution >= 4 is 11.8 Å². The van der Waals surface area contributed by atoms with Crippen LogP contribution in [0, 0.1) is 5.92 Å². The molecule has 2 heterocycles. The van der Waals surface area contributed by atoms with E-state index in [1.54, 1.807) is 4.90 Å². The van der Waals surface area contributed by atoms with Crippen molar-refractivity contribution in [2.45, 2.75) is 44.6 Å². The number of ether oxygens (including phenoxy) is 2. The van der Waals surface area contributed by atoms with Gasteiger partial charge < -0.3 is 20.3 Å². The fraction of sp³-hybridized carbons (Fsp3) is 0.857. The Balaban J connectivity index is 2.05. The van der Waals surface area contributed by atoms with Gasteiger partial charge in [0.15, 0.2) is 11.8 Å². The van der Waals surface area contributed by atoms with Gasteiger partial charge in [-0.3, -0.25) is 14.5 Å². The highest BCUT2D eigenvalue weighted by Gasteiger charge is 2.41. The van der Waals surface area contributed by atoms with Crippen LogP contribution in [0.4, 0.5) is 0 Å². The Hall–Kier alpha value is -1.02. The second-order valence-corrected chi connectivity index (χ2v) is 6.24. The minimum atomic E-state index is -1.22. The van der Waals surface area contributed by atoms with Gasteiger partial charge in [0.05, 0.1) is 31.5 Å². The molecule has 4 atom stereocenters. The van der Waals surface area contributed by atoms with E-state index < -0.39 is 23.8 Å². The lowest BCUT2D eigenvalue weighted by molar-refractivity contribution is -0.149. The first-order chi connectivity index (χ1) is 9.88. The molecule has 2 rings (SSSR count). The summed E-state index contributed by atoms with van der Waals surface area (Å²) in [6, 6.07) is -1.97. The Morgan fingerprint density at radius 3 is 2.05 bits per heavy atom. The molecule has 0 amide bonds. The van der Waals surface area contributed by atoms with Crippen LogP contribution in [-0.4, -0.2) is 72.4 Å². The molecule has 2 saturated heterocycles. The molecule has 3 N–H and O–H groups in total. The summed E-state index contributed by atoms with van der Waals surface area (Å²) in [6.07, 6.45) is 0.510. The molecular weight excluding hydrogens is 276 g/mol. The number of aliphatic carboxylic acids is 1. The second-order valence-electron chi connectivity index (χ2n) is 6.24.